The molecule has 1 aliphatic rings. The average molecular weight is 378 g/mol. The minimum absolute atomic E-state index is 0.252. The number of aromatic nitrogens is 4. The van der Waals surface area contributed by atoms with Crippen LogP contribution in [-0.2, 0) is 4.74 Å². The van der Waals surface area contributed by atoms with Gasteiger partial charge < -0.3 is 26.4 Å². The summed E-state index contributed by atoms with van der Waals surface area (Å²) in [7, 11) is 0. The number of ether oxygens (including phenoxy) is 1. The first-order chi connectivity index (χ1) is 12.6. The minimum atomic E-state index is -1.09. The van der Waals surface area contributed by atoms with Crippen LogP contribution in [0.4, 0.5) is 5.82 Å². The summed E-state index contributed by atoms with van der Waals surface area (Å²) in [5, 5.41) is 20.7. The van der Waals surface area contributed by atoms with Crippen molar-refractivity contribution in [2.24, 2.45) is 5.73 Å². The molecule has 4 atom stereocenters. The van der Waals surface area contributed by atoms with Crippen molar-refractivity contribution in [1.82, 2.24) is 19.5 Å². The van der Waals surface area contributed by atoms with Crippen molar-refractivity contribution >= 4 is 28.7 Å². The highest BCUT2D eigenvalue weighted by molar-refractivity contribution is 7.99. The zero-order valence-corrected chi connectivity index (χ0v) is 15.0. The molecule has 2 aromatic rings. The highest BCUT2D eigenvalue weighted by Crippen LogP contribution is 2.33. The number of fused-ring (bicyclic) bond motifs is 1. The summed E-state index contributed by atoms with van der Waals surface area (Å²) in [5.41, 5.74) is 12.1. The molecule has 1 unspecified atom stereocenters. The number of nitrogen functional groups attached to an aromatic ring is 1. The van der Waals surface area contributed by atoms with Crippen molar-refractivity contribution in [3.05, 3.63) is 12.7 Å². The summed E-state index contributed by atoms with van der Waals surface area (Å²) in [4.78, 5) is 12.2. The van der Waals surface area contributed by atoms with E-state index < -0.39 is 24.5 Å². The van der Waals surface area contributed by atoms with E-state index in [0.29, 0.717) is 29.2 Å². The van der Waals surface area contributed by atoms with E-state index in [9.17, 15) is 10.2 Å². The SMILES string of the molecule is NCCCC#CCSC[C@H]1O[C@@H](n2cnc3c(N)ncnc32)[C@@H](O)C1O. The molecule has 2 aromatic heterocycles. The maximum Gasteiger partial charge on any atom is 0.167 e. The molecule has 0 amide bonds. The molecular formula is C16H22N6O3S. The first-order valence-corrected chi connectivity index (χ1v) is 9.47. The summed E-state index contributed by atoms with van der Waals surface area (Å²) in [6, 6.07) is 0. The normalized spacial score (nSPS) is 25.3. The second-order valence-corrected chi connectivity index (χ2v) is 6.92. The number of thioether (sulfide) groups is 1. The first-order valence-electron chi connectivity index (χ1n) is 8.31. The molecule has 9 nitrogen and oxygen atoms in total. The van der Waals surface area contributed by atoms with Gasteiger partial charge in [0.25, 0.3) is 0 Å². The van der Waals surface area contributed by atoms with Crippen LogP contribution in [0.15, 0.2) is 12.7 Å². The molecule has 6 N–H and O–H groups in total. The summed E-state index contributed by atoms with van der Waals surface area (Å²) in [5.74, 6) is 7.50. The van der Waals surface area contributed by atoms with Gasteiger partial charge >= 0.3 is 0 Å². The Morgan fingerprint density at radius 3 is 2.88 bits per heavy atom. The molecule has 0 aliphatic carbocycles. The van der Waals surface area contributed by atoms with Gasteiger partial charge in [0.05, 0.1) is 18.2 Å². The van der Waals surface area contributed by atoms with E-state index in [1.54, 1.807) is 16.3 Å². The highest BCUT2D eigenvalue weighted by Gasteiger charge is 2.44. The number of imidazole rings is 1. The Bertz CT molecular complexity index is 804. The topological polar surface area (TPSA) is 145 Å². The smallest absolute Gasteiger partial charge is 0.167 e. The molecule has 0 bridgehead atoms. The number of hydrogen-bond donors (Lipinski definition) is 4. The van der Waals surface area contributed by atoms with Crippen LogP contribution in [0, 0.1) is 11.8 Å². The van der Waals surface area contributed by atoms with Gasteiger partial charge in [-0.2, -0.15) is 0 Å². The molecule has 0 radical (unpaired) electrons. The number of aliphatic hydroxyl groups excluding tert-OH is 2. The van der Waals surface area contributed by atoms with Crippen molar-refractivity contribution in [1.29, 1.82) is 0 Å². The first kappa shape index (κ1) is 18.9. The fourth-order valence-corrected chi connectivity index (χ4v) is 3.54. The highest BCUT2D eigenvalue weighted by atomic mass is 32.2. The Kier molecular flexibility index (Phi) is 6.29. The molecule has 3 rings (SSSR count). The summed E-state index contributed by atoms with van der Waals surface area (Å²) >= 11 is 1.55. The van der Waals surface area contributed by atoms with Crippen LogP contribution in [0.1, 0.15) is 19.1 Å². The molecular weight excluding hydrogens is 356 g/mol. The molecule has 140 valence electrons. The number of hydrogen-bond acceptors (Lipinski definition) is 9. The van der Waals surface area contributed by atoms with E-state index in [0.717, 1.165) is 12.8 Å². The van der Waals surface area contributed by atoms with Gasteiger partial charge in [-0.1, -0.05) is 5.92 Å². The molecule has 10 heteroatoms. The molecule has 0 spiro atoms. The molecule has 0 aromatic carbocycles. The van der Waals surface area contributed by atoms with Crippen LogP contribution in [0.25, 0.3) is 11.2 Å². The van der Waals surface area contributed by atoms with Gasteiger partial charge in [0.1, 0.15) is 24.1 Å². The van der Waals surface area contributed by atoms with Crippen LogP contribution >= 0.6 is 11.8 Å². The van der Waals surface area contributed by atoms with E-state index in [1.807, 2.05) is 0 Å². The van der Waals surface area contributed by atoms with E-state index >= 15 is 0 Å². The molecule has 3 heterocycles. The largest absolute Gasteiger partial charge is 0.387 e. The third-order valence-electron chi connectivity index (χ3n) is 4.09. The monoisotopic (exact) mass is 378 g/mol. The van der Waals surface area contributed by atoms with Crippen molar-refractivity contribution in [3.63, 3.8) is 0 Å². The van der Waals surface area contributed by atoms with Gasteiger partial charge in [-0.05, 0) is 13.0 Å². The second-order valence-electron chi connectivity index (χ2n) is 5.89. The number of aliphatic hydroxyl groups is 2. The Balaban J connectivity index is 1.62. The van der Waals surface area contributed by atoms with Crippen LogP contribution in [-0.4, -0.2) is 66.1 Å². The average Bonchev–Trinajstić information content (AvgIpc) is 3.18. The standard InChI is InChI=1S/C16H22N6O3S/c17-5-3-1-2-4-6-26-7-10-12(23)13(24)16(25-10)22-9-21-11-14(18)19-8-20-15(11)22/h8-10,12-13,16,23-24H,1,3,5-7,17H2,(H2,18,19,20)/t10-,12?,13+,16-/m1/s1. The number of nitrogens with zero attached hydrogens (tertiary/aromatic N) is 4. The number of nitrogens with two attached hydrogens (primary N) is 2. The summed E-state index contributed by atoms with van der Waals surface area (Å²) < 4.78 is 7.43. The zero-order valence-electron chi connectivity index (χ0n) is 14.2. The predicted octanol–water partition coefficient (Wildman–Crippen LogP) is -0.497. The summed E-state index contributed by atoms with van der Waals surface area (Å²) in [6.07, 6.45) is 1.09. The molecule has 1 aliphatic heterocycles. The van der Waals surface area contributed by atoms with E-state index in [-0.39, 0.29) is 5.82 Å². The van der Waals surface area contributed by atoms with Crippen LogP contribution in [0.3, 0.4) is 0 Å². The van der Waals surface area contributed by atoms with E-state index in [2.05, 4.69) is 26.8 Å². The lowest BCUT2D eigenvalue weighted by Crippen LogP contribution is -2.32. The van der Waals surface area contributed by atoms with Crippen molar-refractivity contribution < 1.29 is 14.9 Å². The number of anilines is 1. The van der Waals surface area contributed by atoms with Crippen molar-refractivity contribution in [3.8, 4) is 11.8 Å². The van der Waals surface area contributed by atoms with Gasteiger partial charge in [-0.3, -0.25) is 4.57 Å². The van der Waals surface area contributed by atoms with Crippen LogP contribution in [0.2, 0.25) is 0 Å². The Labute approximate surface area is 155 Å². The Morgan fingerprint density at radius 1 is 1.23 bits per heavy atom. The van der Waals surface area contributed by atoms with Gasteiger partial charge in [-0.15, -0.1) is 17.7 Å². The van der Waals surface area contributed by atoms with Gasteiger partial charge in [0.15, 0.2) is 17.7 Å². The molecule has 1 fully saturated rings. The van der Waals surface area contributed by atoms with Gasteiger partial charge in [0, 0.05) is 12.2 Å². The Morgan fingerprint density at radius 2 is 2.08 bits per heavy atom. The summed E-state index contributed by atoms with van der Waals surface area (Å²) in [6.45, 7) is 0.642. The number of unbranched alkanes of at least 4 members (excludes halogenated alkanes) is 1. The van der Waals surface area contributed by atoms with Gasteiger partial charge in [-0.25, -0.2) is 15.0 Å². The second kappa shape index (κ2) is 8.66. The van der Waals surface area contributed by atoms with Gasteiger partial charge in [0.2, 0.25) is 0 Å². The number of rotatable bonds is 6. The predicted molar refractivity (Wildman–Crippen MR) is 99.0 cm³/mol. The van der Waals surface area contributed by atoms with Crippen LogP contribution in [0.5, 0.6) is 0 Å². The third kappa shape index (κ3) is 3.92. The van der Waals surface area contributed by atoms with Crippen LogP contribution < -0.4 is 11.5 Å². The maximum absolute atomic E-state index is 10.4. The minimum Gasteiger partial charge on any atom is -0.387 e. The maximum atomic E-state index is 10.4. The third-order valence-corrected chi connectivity index (χ3v) is 5.00. The van der Waals surface area contributed by atoms with E-state index in [4.69, 9.17) is 16.2 Å². The lowest BCUT2D eigenvalue weighted by Gasteiger charge is -2.16. The fraction of sp³-hybridized carbons (Fsp3) is 0.562. The lowest BCUT2D eigenvalue weighted by molar-refractivity contribution is -0.0288. The molecule has 0 saturated carbocycles. The quantitative estimate of drug-likeness (QED) is 0.386. The zero-order chi connectivity index (χ0) is 18.5. The van der Waals surface area contributed by atoms with Crippen molar-refractivity contribution in [2.45, 2.75) is 37.4 Å². The van der Waals surface area contributed by atoms with E-state index in [1.165, 1.54) is 12.7 Å². The van der Waals surface area contributed by atoms with Crippen molar-refractivity contribution in [2.75, 3.05) is 23.8 Å². The molecule has 26 heavy (non-hydrogen) atoms. The fourth-order valence-electron chi connectivity index (χ4n) is 2.71. The molecule has 1 saturated heterocycles. The Hall–Kier alpha value is -1.90. The lowest BCUT2D eigenvalue weighted by atomic mass is 10.1.